The molecule has 5 aliphatic heterocycles. The van der Waals surface area contributed by atoms with E-state index in [-0.39, 0.29) is 186 Å². The highest BCUT2D eigenvalue weighted by Crippen LogP contribution is 2.52. The molecule has 0 aliphatic carbocycles. The zero-order chi connectivity index (χ0) is 96.6. The van der Waals surface area contributed by atoms with E-state index in [0.717, 1.165) is 24.2 Å². The van der Waals surface area contributed by atoms with Crippen LogP contribution in [-0.2, 0) is 101 Å². The first-order valence-corrected chi connectivity index (χ1v) is 49.8. The standard InChI is InChI=1S/C39H70N10O10S4.C33H50N6O14.C7H15N3OS2/c1-38(2,3)58-34(56)44-20-12-22-48(23-13-21-45-35(57)59-39(4,5)6)30(52)16-11-17-31(53)49(24-28(50)42-18-9-7-14-26(32(40)54)46-36-60-61-36)25-29(51)43-19-10-8-15-27(33(41)55)47-37-62-63-37;1-32(2,3)50-30(48)34-16-8-18-36(19-9-17-35-31(49)51-33(4,5)6)22(40)10-7-11-23(41)37(20-28(46)52-38-24(42)12-13-25(38)43)21-29(47)53-39-26(44)14-15-27(39)45;8-4-2-1-3-5(6(9)11)10-7-12-13-7/h26-27,36-37,46-47H,7-25H2,1-6H3,(H2,40,54)(H2,41,55)(H,42,50)(H,43,51)(H,44,56)(H,45,57);7-21H2,1-6H3,(H,34,48)(H,35,49);5,7,10H,1-4,8H2,(H2,9,11)/t26-,27-;;5-/m0.0/s1. The van der Waals surface area contributed by atoms with Gasteiger partial charge in [0.25, 0.3) is 23.6 Å². The van der Waals surface area contributed by atoms with E-state index in [2.05, 4.69) is 47.9 Å². The maximum Gasteiger partial charge on any atom is 0.407 e. The maximum atomic E-state index is 13.6. The lowest BCUT2D eigenvalue weighted by molar-refractivity contribution is -0.201. The van der Waals surface area contributed by atoms with Crippen molar-refractivity contribution in [3.63, 3.8) is 0 Å². The molecule has 44 nitrogen and oxygen atoms in total. The van der Waals surface area contributed by atoms with Crippen LogP contribution >= 0.6 is 64.8 Å². The van der Waals surface area contributed by atoms with Gasteiger partial charge >= 0.3 is 36.3 Å². The van der Waals surface area contributed by atoms with Gasteiger partial charge in [-0.15, -0.1) is 10.1 Å². The Labute approximate surface area is 777 Å². The monoisotopic (exact) mass is 1940 g/mol. The number of hydrogen-bond donors (Lipinski definition) is 13. The fraction of sp³-hybridized carbons (Fsp3) is 0.759. The summed E-state index contributed by atoms with van der Waals surface area (Å²) in [6.45, 7) is 21.4. The molecule has 3 atom stereocenters. The van der Waals surface area contributed by atoms with E-state index in [0.29, 0.717) is 80.4 Å². The average Bonchev–Trinajstić information content (AvgIpc) is 1.75. The highest BCUT2D eigenvalue weighted by atomic mass is 33.2. The Balaban J connectivity index is 0.000000587. The molecule has 0 unspecified atom stereocenters. The van der Waals surface area contributed by atoms with E-state index in [4.69, 9.17) is 51.6 Å². The molecule has 17 amide bonds. The molecule has 0 bridgehead atoms. The summed E-state index contributed by atoms with van der Waals surface area (Å²) in [5.41, 5.74) is 18.9. The normalized spacial score (nSPS) is 15.0. The van der Waals surface area contributed by atoms with E-state index in [1.165, 1.54) is 4.90 Å². The average molecular weight is 1940 g/mol. The minimum Gasteiger partial charge on any atom is -0.444 e. The Hall–Kier alpha value is -8.53. The lowest BCUT2D eigenvalue weighted by atomic mass is 10.1. The number of carbonyl (C=O) groups is 19. The zero-order valence-corrected chi connectivity index (χ0v) is 80.9. The van der Waals surface area contributed by atoms with Gasteiger partial charge in [0.15, 0.2) is 0 Å². The van der Waals surface area contributed by atoms with Crippen LogP contribution in [0, 0.1) is 0 Å². The van der Waals surface area contributed by atoms with Crippen molar-refractivity contribution >= 4 is 178 Å². The summed E-state index contributed by atoms with van der Waals surface area (Å²) < 4.78 is 21.7. The lowest BCUT2D eigenvalue weighted by Gasteiger charge is -2.25. The molecule has 50 heteroatoms. The first-order valence-electron chi connectivity index (χ1n) is 43.0. The van der Waals surface area contributed by atoms with Crippen molar-refractivity contribution in [2.75, 3.05) is 98.2 Å². The highest BCUT2D eigenvalue weighted by Gasteiger charge is 2.38. The molecule has 5 aliphatic rings. The summed E-state index contributed by atoms with van der Waals surface area (Å²) in [6, 6.07) is -1.12. The van der Waals surface area contributed by atoms with Crippen LogP contribution in [0.5, 0.6) is 0 Å². The second-order valence-corrected chi connectivity index (χ2v) is 42.4. The molecule has 5 rings (SSSR count). The summed E-state index contributed by atoms with van der Waals surface area (Å²) in [4.78, 5) is 250. The van der Waals surface area contributed by atoms with E-state index < -0.39 is 143 Å². The molecule has 732 valence electrons. The molecule has 5 saturated heterocycles. The summed E-state index contributed by atoms with van der Waals surface area (Å²) in [6.07, 6.45) is 4.01. The molecule has 0 aromatic heterocycles. The van der Waals surface area contributed by atoms with Crippen molar-refractivity contribution in [3.05, 3.63) is 0 Å². The van der Waals surface area contributed by atoms with Crippen molar-refractivity contribution in [1.82, 2.24) is 77.6 Å². The molecular formula is C79H135N19O25S6. The van der Waals surface area contributed by atoms with Gasteiger partial charge < -0.3 is 103 Å². The first kappa shape index (κ1) is 115. The maximum absolute atomic E-state index is 13.6. The van der Waals surface area contributed by atoms with Gasteiger partial charge in [-0.05, 0) is 180 Å². The number of unbranched alkanes of at least 4 members (excludes halogenated alkanes) is 3. The molecule has 0 aromatic rings. The Morgan fingerprint density at radius 3 is 0.822 bits per heavy atom. The van der Waals surface area contributed by atoms with Gasteiger partial charge in [0.2, 0.25) is 53.2 Å². The predicted molar refractivity (Wildman–Crippen MR) is 486 cm³/mol. The lowest BCUT2D eigenvalue weighted by Crippen LogP contribution is -2.46. The summed E-state index contributed by atoms with van der Waals surface area (Å²) in [5.74, 6) is -9.52. The van der Waals surface area contributed by atoms with E-state index in [9.17, 15) is 91.1 Å². The fourth-order valence-electron chi connectivity index (χ4n) is 11.6. The predicted octanol–water partition coefficient (Wildman–Crippen LogP) is 3.56. The van der Waals surface area contributed by atoms with Crippen molar-refractivity contribution in [1.29, 1.82) is 0 Å². The third-order valence-electron chi connectivity index (χ3n) is 17.8. The first-order chi connectivity index (χ1) is 60.5. The van der Waals surface area contributed by atoms with Crippen LogP contribution in [-0.4, -0.2) is 296 Å². The number of nitrogens with two attached hydrogens (primary N) is 4. The minimum absolute atomic E-state index is 0.00445. The fourth-order valence-corrected chi connectivity index (χ4v) is 14.6. The third kappa shape index (κ3) is 56.1. The van der Waals surface area contributed by atoms with Gasteiger partial charge in [0.1, 0.15) is 62.7 Å². The van der Waals surface area contributed by atoms with Crippen LogP contribution in [0.3, 0.4) is 0 Å². The van der Waals surface area contributed by atoms with Crippen LogP contribution in [0.2, 0.25) is 0 Å². The molecule has 0 saturated carbocycles. The number of nitrogens with one attached hydrogen (secondary N) is 9. The number of hydroxylamine groups is 4. The highest BCUT2D eigenvalue weighted by molar-refractivity contribution is 8.93. The number of alkyl carbamates (subject to hydrolysis) is 4. The van der Waals surface area contributed by atoms with Gasteiger partial charge in [0, 0.05) is 117 Å². The van der Waals surface area contributed by atoms with E-state index >= 15 is 0 Å². The Bertz CT molecular complexity index is 3520. The minimum atomic E-state index is -1.23. The Morgan fingerprint density at radius 2 is 0.581 bits per heavy atom. The summed E-state index contributed by atoms with van der Waals surface area (Å²) in [5, 5.41) is 26.2. The second kappa shape index (κ2) is 59.8. The van der Waals surface area contributed by atoms with E-state index in [1.54, 1.807) is 153 Å². The van der Waals surface area contributed by atoms with Crippen LogP contribution in [0.4, 0.5) is 19.2 Å². The van der Waals surface area contributed by atoms with Crippen LogP contribution < -0.4 is 70.8 Å². The SMILES string of the molecule is CC(C)(C)OC(=O)NCCCN(CCCNC(=O)OC(C)(C)C)C(=O)CCCC(=O)N(CC(=O)NCCCC[C@H](NC1SS1)C(N)=O)CC(=O)NCCCC[C@H](NC1SS1)C(N)=O.CC(C)(C)OC(=O)NCCCN(CCCNC(=O)OC(C)(C)C)C(=O)CCCC(=O)N(CC(=O)ON1C(=O)CCC1=O)CC(=O)ON1C(=O)CCC1=O.NCCCC[C@H](NC1SS1)C(N)=O. The molecule has 5 fully saturated rings. The smallest absolute Gasteiger partial charge is 0.407 e. The molecule has 0 radical (unpaired) electrons. The zero-order valence-electron chi connectivity index (χ0n) is 76.0. The van der Waals surface area contributed by atoms with Crippen molar-refractivity contribution < 1.29 is 120 Å². The molecule has 5 heterocycles. The largest absolute Gasteiger partial charge is 0.444 e. The van der Waals surface area contributed by atoms with Crippen LogP contribution in [0.1, 0.15) is 231 Å². The number of nitrogens with zero attached hydrogens (tertiary/aromatic N) is 6. The molecule has 129 heavy (non-hydrogen) atoms. The van der Waals surface area contributed by atoms with Gasteiger partial charge in [-0.2, -0.15) is 0 Å². The van der Waals surface area contributed by atoms with Gasteiger partial charge in [-0.3, -0.25) is 78.3 Å². The topological polar surface area (TPSA) is 612 Å². The number of imide groups is 2. The molecule has 0 aromatic carbocycles. The van der Waals surface area contributed by atoms with Gasteiger partial charge in [-0.1, -0.05) is 71.2 Å². The quantitative estimate of drug-likeness (QED) is 0.0136. The number of ether oxygens (including phenoxy) is 4. The summed E-state index contributed by atoms with van der Waals surface area (Å²) >= 11 is 0. The number of primary amides is 3. The number of hydrogen-bond acceptors (Lipinski definition) is 35. The number of amides is 17. The molecular weight excluding hydrogens is 1810 g/mol. The number of carbonyl (C=O) groups excluding carboxylic acids is 19. The van der Waals surface area contributed by atoms with Crippen LogP contribution in [0.25, 0.3) is 0 Å². The van der Waals surface area contributed by atoms with E-state index in [1.807, 2.05) is 0 Å². The molecule has 0 spiro atoms. The Kier molecular flexibility index (Phi) is 53.1. The third-order valence-corrected chi connectivity index (χ3v) is 23.3. The van der Waals surface area contributed by atoms with Crippen molar-refractivity contribution in [2.24, 2.45) is 22.9 Å². The van der Waals surface area contributed by atoms with Gasteiger partial charge in [0.05, 0.1) is 18.1 Å². The van der Waals surface area contributed by atoms with Crippen molar-refractivity contribution in [2.45, 2.75) is 285 Å². The Morgan fingerprint density at radius 1 is 0.341 bits per heavy atom. The van der Waals surface area contributed by atoms with Crippen molar-refractivity contribution in [3.8, 4) is 0 Å². The second-order valence-electron chi connectivity index (χ2n) is 34.1. The molecule has 17 N–H and O–H groups in total. The number of rotatable bonds is 57. The van der Waals surface area contributed by atoms with Crippen LogP contribution in [0.15, 0.2) is 0 Å². The van der Waals surface area contributed by atoms with Gasteiger partial charge in [-0.25, -0.2) is 28.8 Å². The summed E-state index contributed by atoms with van der Waals surface area (Å²) in [7, 11) is 9.91.